The molecule has 1 amide bonds. The fourth-order valence-corrected chi connectivity index (χ4v) is 3.64. The Bertz CT molecular complexity index is 776. The van der Waals surface area contributed by atoms with Crippen LogP contribution in [0.1, 0.15) is 33.9 Å². The van der Waals surface area contributed by atoms with Crippen molar-refractivity contribution >= 4 is 27.3 Å². The minimum Gasteiger partial charge on any atom is -0.345 e. The number of rotatable bonds is 4. The zero-order valence-electron chi connectivity index (χ0n) is 11.8. The van der Waals surface area contributed by atoms with Gasteiger partial charge in [-0.3, -0.25) is 9.48 Å². The van der Waals surface area contributed by atoms with E-state index in [0.29, 0.717) is 16.1 Å². The number of hydrogen-bond acceptors (Lipinski definition) is 5. The molecule has 3 N–H and O–H groups in total. The number of primary sulfonamides is 1. The van der Waals surface area contributed by atoms with E-state index >= 15 is 0 Å². The first-order valence-corrected chi connectivity index (χ1v) is 8.48. The number of nitrogens with two attached hydrogens (primary N) is 1. The predicted molar refractivity (Wildman–Crippen MR) is 79.5 cm³/mol. The Labute approximate surface area is 126 Å². The molecule has 2 aromatic rings. The Balaban J connectivity index is 2.14. The maximum absolute atomic E-state index is 12.2. The smallest absolute Gasteiger partial charge is 0.255 e. The summed E-state index contributed by atoms with van der Waals surface area (Å²) >= 11 is 1.05. The van der Waals surface area contributed by atoms with Gasteiger partial charge in [0, 0.05) is 18.1 Å². The lowest BCUT2D eigenvalue weighted by atomic mass is 10.2. The van der Waals surface area contributed by atoms with Crippen molar-refractivity contribution in [2.75, 3.05) is 0 Å². The molecular formula is C12H16N4O3S2. The number of amides is 1. The molecule has 1 atom stereocenters. The molecule has 7 nitrogen and oxygen atoms in total. The van der Waals surface area contributed by atoms with Crippen LogP contribution in [0.25, 0.3) is 0 Å². The Morgan fingerprint density at radius 1 is 1.48 bits per heavy atom. The van der Waals surface area contributed by atoms with Crippen LogP contribution in [0, 0.1) is 6.92 Å². The summed E-state index contributed by atoms with van der Waals surface area (Å²) in [5, 5.41) is 12.0. The number of sulfonamides is 1. The van der Waals surface area contributed by atoms with Gasteiger partial charge in [0.1, 0.15) is 4.21 Å². The minimum absolute atomic E-state index is 0.0798. The van der Waals surface area contributed by atoms with Crippen LogP contribution in [0.5, 0.6) is 0 Å². The number of carbonyl (C=O) groups is 1. The molecule has 2 aromatic heterocycles. The number of aryl methyl sites for hydroxylation is 2. The van der Waals surface area contributed by atoms with Crippen molar-refractivity contribution < 1.29 is 13.2 Å². The van der Waals surface area contributed by atoms with Gasteiger partial charge in [-0.15, -0.1) is 11.3 Å². The summed E-state index contributed by atoms with van der Waals surface area (Å²) in [4.78, 5) is 12.9. The highest BCUT2D eigenvalue weighted by Crippen LogP contribution is 2.26. The van der Waals surface area contributed by atoms with Gasteiger partial charge in [-0.1, -0.05) is 0 Å². The minimum atomic E-state index is -3.71. The number of carbonyl (C=O) groups excluding carboxylic acids is 1. The molecular weight excluding hydrogens is 312 g/mol. The van der Waals surface area contributed by atoms with Gasteiger partial charge in [-0.25, -0.2) is 13.6 Å². The van der Waals surface area contributed by atoms with Gasteiger partial charge in [-0.2, -0.15) is 5.10 Å². The van der Waals surface area contributed by atoms with Crippen molar-refractivity contribution in [3.05, 3.63) is 34.5 Å². The van der Waals surface area contributed by atoms with Crippen molar-refractivity contribution in [2.45, 2.75) is 24.1 Å². The zero-order chi connectivity index (χ0) is 15.8. The van der Waals surface area contributed by atoms with Crippen LogP contribution in [0.3, 0.4) is 0 Å². The predicted octanol–water partition coefficient (Wildman–Crippen LogP) is 0.928. The summed E-state index contributed by atoms with van der Waals surface area (Å²) in [6.07, 6.45) is 1.64. The van der Waals surface area contributed by atoms with E-state index in [9.17, 15) is 13.2 Å². The van der Waals surface area contributed by atoms with Crippen LogP contribution in [-0.2, 0) is 17.1 Å². The highest BCUT2D eigenvalue weighted by atomic mass is 32.2. The number of hydrogen-bond donors (Lipinski definition) is 2. The normalized spacial score (nSPS) is 13.1. The molecule has 0 radical (unpaired) electrons. The maximum Gasteiger partial charge on any atom is 0.255 e. The zero-order valence-corrected chi connectivity index (χ0v) is 13.5. The van der Waals surface area contributed by atoms with Gasteiger partial charge in [0.25, 0.3) is 5.91 Å². The lowest BCUT2D eigenvalue weighted by Crippen LogP contribution is -2.26. The monoisotopic (exact) mass is 328 g/mol. The van der Waals surface area contributed by atoms with E-state index in [0.717, 1.165) is 11.3 Å². The fraction of sp³-hybridized carbons (Fsp3) is 0.333. The summed E-state index contributed by atoms with van der Waals surface area (Å²) in [6.45, 7) is 3.53. The second-order valence-electron chi connectivity index (χ2n) is 4.70. The van der Waals surface area contributed by atoms with Gasteiger partial charge in [-0.05, 0) is 26.0 Å². The largest absolute Gasteiger partial charge is 0.345 e. The molecule has 0 aliphatic carbocycles. The topological polar surface area (TPSA) is 107 Å². The first-order valence-electron chi connectivity index (χ1n) is 6.12. The van der Waals surface area contributed by atoms with Crippen LogP contribution < -0.4 is 10.5 Å². The molecule has 1 unspecified atom stereocenters. The van der Waals surface area contributed by atoms with Gasteiger partial charge in [0.2, 0.25) is 10.0 Å². The second-order valence-corrected chi connectivity index (χ2v) is 7.60. The van der Waals surface area contributed by atoms with Crippen molar-refractivity contribution in [2.24, 2.45) is 12.2 Å². The van der Waals surface area contributed by atoms with E-state index < -0.39 is 10.0 Å². The molecule has 0 fully saturated rings. The lowest BCUT2D eigenvalue weighted by Gasteiger charge is -2.11. The van der Waals surface area contributed by atoms with Crippen LogP contribution in [0.2, 0.25) is 0 Å². The molecule has 2 heterocycles. The van der Waals surface area contributed by atoms with Crippen LogP contribution >= 0.6 is 11.3 Å². The molecule has 0 saturated carbocycles. The third-order valence-corrected chi connectivity index (χ3v) is 5.62. The quantitative estimate of drug-likeness (QED) is 0.870. The van der Waals surface area contributed by atoms with E-state index in [-0.39, 0.29) is 16.2 Å². The summed E-state index contributed by atoms with van der Waals surface area (Å²) < 4.78 is 24.1. The van der Waals surface area contributed by atoms with Crippen molar-refractivity contribution in [3.63, 3.8) is 0 Å². The van der Waals surface area contributed by atoms with E-state index in [2.05, 4.69) is 10.4 Å². The standard InChI is InChI=1S/C12H16N4O3S2/c1-7-9(6-16(3)15-7)12(17)14-8(2)10-4-5-11(20-10)21(13,18)19/h4-6,8H,1-3H3,(H,14,17)(H2,13,18,19). The summed E-state index contributed by atoms with van der Waals surface area (Å²) in [6, 6.07) is 2.76. The number of aromatic nitrogens is 2. The summed E-state index contributed by atoms with van der Waals surface area (Å²) in [7, 11) is -1.97. The average Bonchev–Trinajstić information content (AvgIpc) is 2.95. The molecule has 0 saturated heterocycles. The Kier molecular flexibility index (Phi) is 4.17. The molecule has 0 spiro atoms. The molecule has 0 aromatic carbocycles. The van der Waals surface area contributed by atoms with E-state index in [4.69, 9.17) is 5.14 Å². The van der Waals surface area contributed by atoms with Crippen LogP contribution in [-0.4, -0.2) is 24.1 Å². The van der Waals surface area contributed by atoms with Gasteiger partial charge >= 0.3 is 0 Å². The average molecular weight is 328 g/mol. The second kappa shape index (κ2) is 5.58. The molecule has 21 heavy (non-hydrogen) atoms. The molecule has 2 rings (SSSR count). The van der Waals surface area contributed by atoms with E-state index in [1.54, 1.807) is 37.8 Å². The summed E-state index contributed by atoms with van der Waals surface area (Å²) in [5.41, 5.74) is 1.13. The molecule has 0 bridgehead atoms. The fourth-order valence-electron chi connectivity index (χ4n) is 1.89. The molecule has 114 valence electrons. The van der Waals surface area contributed by atoms with E-state index in [1.807, 2.05) is 0 Å². The third kappa shape index (κ3) is 3.49. The number of nitrogens with zero attached hydrogens (tertiary/aromatic N) is 2. The van der Waals surface area contributed by atoms with Gasteiger partial charge in [0.15, 0.2) is 0 Å². The Morgan fingerprint density at radius 3 is 2.62 bits per heavy atom. The van der Waals surface area contributed by atoms with Gasteiger partial charge in [0.05, 0.1) is 17.3 Å². The first-order chi connectivity index (χ1) is 9.68. The highest BCUT2D eigenvalue weighted by molar-refractivity contribution is 7.91. The maximum atomic E-state index is 12.2. The number of thiophene rings is 1. The van der Waals surface area contributed by atoms with Gasteiger partial charge < -0.3 is 5.32 Å². The molecule has 0 aliphatic heterocycles. The third-order valence-electron chi connectivity index (χ3n) is 2.92. The molecule has 9 heteroatoms. The number of nitrogens with one attached hydrogen (secondary N) is 1. The Morgan fingerprint density at radius 2 is 2.14 bits per heavy atom. The van der Waals surface area contributed by atoms with Crippen molar-refractivity contribution in [3.8, 4) is 0 Å². The summed E-state index contributed by atoms with van der Waals surface area (Å²) in [5.74, 6) is -0.251. The lowest BCUT2D eigenvalue weighted by molar-refractivity contribution is 0.0940. The molecule has 0 aliphatic rings. The SMILES string of the molecule is Cc1nn(C)cc1C(=O)NC(C)c1ccc(S(N)(=O)=O)s1. The highest BCUT2D eigenvalue weighted by Gasteiger charge is 2.19. The van der Waals surface area contributed by atoms with Crippen molar-refractivity contribution in [1.82, 2.24) is 15.1 Å². The first kappa shape index (κ1) is 15.7. The van der Waals surface area contributed by atoms with Crippen LogP contribution in [0.15, 0.2) is 22.5 Å². The van der Waals surface area contributed by atoms with E-state index in [1.165, 1.54) is 6.07 Å². The van der Waals surface area contributed by atoms with Crippen LogP contribution in [0.4, 0.5) is 0 Å². The Hall–Kier alpha value is -1.71. The van der Waals surface area contributed by atoms with Crippen molar-refractivity contribution in [1.29, 1.82) is 0 Å².